The molecule has 9 nitrogen and oxygen atoms in total. The summed E-state index contributed by atoms with van der Waals surface area (Å²) in [7, 11) is 1.56. The minimum Gasteiger partial charge on any atom is -0.495 e. The average Bonchev–Trinajstić information content (AvgIpc) is 2.96. The predicted octanol–water partition coefficient (Wildman–Crippen LogP) is 3.71. The van der Waals surface area contributed by atoms with E-state index in [0.717, 1.165) is 32.4 Å². The maximum absolute atomic E-state index is 13.4. The zero-order valence-electron chi connectivity index (χ0n) is 23.2. The molecule has 40 heavy (non-hydrogen) atoms. The van der Waals surface area contributed by atoms with Gasteiger partial charge in [-0.15, -0.1) is 0 Å². The molecule has 3 amide bonds. The summed E-state index contributed by atoms with van der Waals surface area (Å²) in [6, 6.07) is 17.2. The van der Waals surface area contributed by atoms with E-state index >= 15 is 0 Å². The van der Waals surface area contributed by atoms with Crippen molar-refractivity contribution >= 4 is 17.6 Å². The van der Waals surface area contributed by atoms with Crippen molar-refractivity contribution in [2.45, 2.75) is 62.9 Å². The number of fused-ring (bicyclic) bond motifs is 1. The third kappa shape index (κ3) is 7.13. The van der Waals surface area contributed by atoms with E-state index in [2.05, 4.69) is 29.6 Å². The van der Waals surface area contributed by atoms with Gasteiger partial charge in [-0.1, -0.05) is 42.5 Å². The first kappa shape index (κ1) is 28.4. The van der Waals surface area contributed by atoms with Crippen LogP contribution in [0.4, 0.5) is 10.5 Å². The van der Waals surface area contributed by atoms with Crippen LogP contribution in [0.1, 0.15) is 37.7 Å². The lowest BCUT2D eigenvalue weighted by molar-refractivity contribution is -0.154. The number of rotatable bonds is 6. The van der Waals surface area contributed by atoms with Gasteiger partial charge < -0.3 is 34.4 Å². The van der Waals surface area contributed by atoms with Gasteiger partial charge in [0.1, 0.15) is 11.9 Å². The van der Waals surface area contributed by atoms with Crippen molar-refractivity contribution in [3.8, 4) is 5.75 Å². The Balaban J connectivity index is 1.16. The number of hydrogen-bond donors (Lipinski definition) is 2. The molecular weight excluding hydrogens is 510 g/mol. The molecule has 3 saturated heterocycles. The Morgan fingerprint density at radius 1 is 1.00 bits per heavy atom. The van der Waals surface area contributed by atoms with Crippen molar-refractivity contribution in [3.05, 3.63) is 60.2 Å². The fourth-order valence-electron chi connectivity index (χ4n) is 6.17. The van der Waals surface area contributed by atoms with Gasteiger partial charge >= 0.3 is 6.03 Å². The number of ether oxygens (including phenoxy) is 3. The Morgan fingerprint density at radius 2 is 1.75 bits per heavy atom. The first-order chi connectivity index (χ1) is 19.5. The van der Waals surface area contributed by atoms with E-state index in [1.54, 1.807) is 24.1 Å². The monoisotopic (exact) mass is 551 g/mol. The van der Waals surface area contributed by atoms with Gasteiger partial charge in [0, 0.05) is 13.1 Å². The second-order valence-electron chi connectivity index (χ2n) is 11.1. The molecule has 0 unspecified atom stereocenters. The van der Waals surface area contributed by atoms with Gasteiger partial charge in [0.25, 0.3) is 0 Å². The predicted molar refractivity (Wildman–Crippen MR) is 151 cm³/mol. The van der Waals surface area contributed by atoms with Crippen molar-refractivity contribution in [1.29, 1.82) is 0 Å². The van der Waals surface area contributed by atoms with E-state index in [1.807, 2.05) is 23.1 Å². The molecule has 2 aromatic carbocycles. The van der Waals surface area contributed by atoms with Crippen LogP contribution in [0.25, 0.3) is 0 Å². The number of carbonyl (C=O) groups excluding carboxylic acids is 2. The number of carbonyl (C=O) groups is 2. The molecule has 4 atom stereocenters. The Morgan fingerprint density at radius 3 is 2.52 bits per heavy atom. The van der Waals surface area contributed by atoms with Crippen LogP contribution in [0.5, 0.6) is 5.75 Å². The van der Waals surface area contributed by atoms with E-state index in [4.69, 9.17) is 14.2 Å². The summed E-state index contributed by atoms with van der Waals surface area (Å²) in [6.07, 6.45) is 3.36. The van der Waals surface area contributed by atoms with Crippen molar-refractivity contribution in [3.63, 3.8) is 0 Å². The molecule has 2 N–H and O–H groups in total. The van der Waals surface area contributed by atoms with E-state index < -0.39 is 6.10 Å². The SMILES string of the molecule is COc1ccccc1NC(=O)N1C[C@@H](O)COC[C@@H]2O[C@H](CC(=O)N3CCC(Cc4ccccc4)CC3)CC[C@H]21. The number of methoxy groups -OCH3 is 1. The van der Waals surface area contributed by atoms with Crippen molar-refractivity contribution in [1.82, 2.24) is 9.80 Å². The minimum absolute atomic E-state index is 0.118. The summed E-state index contributed by atoms with van der Waals surface area (Å²) in [5.74, 6) is 1.30. The molecule has 2 aromatic rings. The Kier molecular flexibility index (Phi) is 9.57. The van der Waals surface area contributed by atoms with E-state index in [1.165, 1.54) is 5.56 Å². The Hall–Kier alpha value is -3.14. The van der Waals surface area contributed by atoms with Crippen LogP contribution >= 0.6 is 0 Å². The smallest absolute Gasteiger partial charge is 0.322 e. The summed E-state index contributed by atoms with van der Waals surface area (Å²) in [6.45, 7) is 2.08. The summed E-state index contributed by atoms with van der Waals surface area (Å²) < 4.78 is 17.5. The topological polar surface area (TPSA) is 101 Å². The summed E-state index contributed by atoms with van der Waals surface area (Å²) >= 11 is 0. The quantitative estimate of drug-likeness (QED) is 0.568. The molecule has 0 spiro atoms. The van der Waals surface area contributed by atoms with Crippen LogP contribution in [0, 0.1) is 5.92 Å². The number of para-hydroxylation sites is 2. The standard InChI is InChI=1S/C31H41N3O6/c1-38-28-10-6-5-9-26(28)32-31(37)34-19-24(35)20-39-21-29-27(34)12-11-25(40-29)18-30(36)33-15-13-23(14-16-33)17-22-7-3-2-4-8-22/h2-10,23-25,27,29,35H,11-21H2,1H3,(H,32,37)/t24-,25+,27-,29+/m1/s1. The van der Waals surface area contributed by atoms with Gasteiger partial charge in [0.05, 0.1) is 57.2 Å². The maximum Gasteiger partial charge on any atom is 0.322 e. The number of nitrogens with one attached hydrogen (secondary N) is 1. The van der Waals surface area contributed by atoms with Gasteiger partial charge in [0.2, 0.25) is 5.91 Å². The maximum atomic E-state index is 13.4. The summed E-state index contributed by atoms with van der Waals surface area (Å²) in [5.41, 5.74) is 1.92. The fraction of sp³-hybridized carbons (Fsp3) is 0.548. The molecule has 9 heteroatoms. The molecular formula is C31H41N3O6. The highest BCUT2D eigenvalue weighted by atomic mass is 16.5. The molecule has 3 aliphatic rings. The number of hydrogen-bond acceptors (Lipinski definition) is 6. The highest BCUT2D eigenvalue weighted by Gasteiger charge is 2.40. The molecule has 3 fully saturated rings. The lowest BCUT2D eigenvalue weighted by Crippen LogP contribution is -2.58. The fourth-order valence-corrected chi connectivity index (χ4v) is 6.17. The number of likely N-dealkylation sites (tertiary alicyclic amines) is 1. The van der Waals surface area contributed by atoms with Crippen LogP contribution in [0.3, 0.4) is 0 Å². The van der Waals surface area contributed by atoms with Crippen molar-refractivity contribution in [2.75, 3.05) is 45.3 Å². The number of aliphatic hydroxyl groups excluding tert-OH is 1. The van der Waals surface area contributed by atoms with Gasteiger partial charge in [-0.05, 0) is 55.7 Å². The Labute approximate surface area is 236 Å². The number of amides is 3. The molecule has 5 rings (SSSR count). The van der Waals surface area contributed by atoms with Crippen LogP contribution in [0.2, 0.25) is 0 Å². The third-order valence-corrected chi connectivity index (χ3v) is 8.33. The lowest BCUT2D eigenvalue weighted by atomic mass is 9.90. The number of aliphatic hydroxyl groups is 1. The van der Waals surface area contributed by atoms with Gasteiger partial charge in [-0.3, -0.25) is 4.79 Å². The second kappa shape index (κ2) is 13.5. The van der Waals surface area contributed by atoms with Crippen molar-refractivity contribution in [2.24, 2.45) is 5.92 Å². The zero-order valence-corrected chi connectivity index (χ0v) is 23.2. The number of benzene rings is 2. The van der Waals surface area contributed by atoms with Gasteiger partial charge in [-0.25, -0.2) is 4.79 Å². The molecule has 0 radical (unpaired) electrons. The molecule has 0 bridgehead atoms. The highest BCUT2D eigenvalue weighted by Crippen LogP contribution is 2.30. The van der Waals surface area contributed by atoms with Crippen LogP contribution in [-0.4, -0.2) is 91.2 Å². The van der Waals surface area contributed by atoms with Crippen molar-refractivity contribution < 1.29 is 28.9 Å². The van der Waals surface area contributed by atoms with E-state index in [9.17, 15) is 14.7 Å². The number of urea groups is 1. The molecule has 216 valence electrons. The first-order valence-corrected chi connectivity index (χ1v) is 14.4. The first-order valence-electron chi connectivity index (χ1n) is 14.4. The molecule has 0 aromatic heterocycles. The van der Waals surface area contributed by atoms with Gasteiger partial charge in [-0.2, -0.15) is 0 Å². The minimum atomic E-state index is -0.798. The largest absolute Gasteiger partial charge is 0.495 e. The van der Waals surface area contributed by atoms with Crippen LogP contribution in [-0.2, 0) is 20.7 Å². The van der Waals surface area contributed by atoms with Gasteiger partial charge in [0.15, 0.2) is 0 Å². The van der Waals surface area contributed by atoms with E-state index in [0.29, 0.717) is 36.6 Å². The number of nitrogens with zero attached hydrogens (tertiary/aromatic N) is 2. The molecule has 0 aliphatic carbocycles. The number of β-amino-alcohol motifs (C(OH)–C–C–N with tert-alkyl or cyclic N) is 1. The summed E-state index contributed by atoms with van der Waals surface area (Å²) in [5, 5.41) is 13.4. The second-order valence-corrected chi connectivity index (χ2v) is 11.1. The summed E-state index contributed by atoms with van der Waals surface area (Å²) in [4.78, 5) is 30.2. The highest BCUT2D eigenvalue weighted by molar-refractivity contribution is 5.91. The van der Waals surface area contributed by atoms with E-state index in [-0.39, 0.29) is 49.9 Å². The molecule has 3 aliphatic heterocycles. The number of anilines is 1. The lowest BCUT2D eigenvalue weighted by Gasteiger charge is -2.44. The van der Waals surface area contributed by atoms with Crippen LogP contribution in [0.15, 0.2) is 54.6 Å². The molecule has 0 saturated carbocycles. The molecule has 3 heterocycles. The van der Waals surface area contributed by atoms with Crippen LogP contribution < -0.4 is 10.1 Å². The normalized spacial score (nSPS) is 25.9. The third-order valence-electron chi connectivity index (χ3n) is 8.33. The Bertz CT molecular complexity index is 1120. The zero-order chi connectivity index (χ0) is 27.9. The average molecular weight is 552 g/mol. The number of piperidine rings is 1.